The van der Waals surface area contributed by atoms with Gasteiger partial charge in [-0.2, -0.15) is 10.4 Å². The van der Waals surface area contributed by atoms with E-state index in [1.807, 2.05) is 6.07 Å². The lowest BCUT2D eigenvalue weighted by atomic mass is 10.1. The van der Waals surface area contributed by atoms with Crippen LogP contribution >= 0.6 is 0 Å². The first kappa shape index (κ1) is 11.2. The molecule has 5 nitrogen and oxygen atoms in total. The van der Waals surface area contributed by atoms with Gasteiger partial charge in [-0.15, -0.1) is 0 Å². The molecule has 3 heterocycles. The van der Waals surface area contributed by atoms with Gasteiger partial charge in [-0.25, -0.2) is 13.9 Å². The molecule has 92 valence electrons. The number of nitrogens with two attached hydrogens (primary N) is 1. The topological polar surface area (TPSA) is 80.0 Å². The van der Waals surface area contributed by atoms with Gasteiger partial charge in [-0.3, -0.25) is 0 Å². The highest BCUT2D eigenvalue weighted by molar-refractivity contribution is 5.70. The van der Waals surface area contributed by atoms with Crippen molar-refractivity contribution in [3.63, 3.8) is 0 Å². The van der Waals surface area contributed by atoms with Gasteiger partial charge in [0.05, 0.1) is 11.7 Å². The van der Waals surface area contributed by atoms with Crippen molar-refractivity contribution in [1.82, 2.24) is 14.6 Å². The maximum atomic E-state index is 13.8. The molecule has 6 heteroatoms. The third-order valence-corrected chi connectivity index (χ3v) is 2.76. The third kappa shape index (κ3) is 1.87. The largest absolute Gasteiger partial charge is 0.382 e. The van der Waals surface area contributed by atoms with Crippen molar-refractivity contribution in [3.05, 3.63) is 48.2 Å². The summed E-state index contributed by atoms with van der Waals surface area (Å²) in [6.07, 6.45) is 2.73. The van der Waals surface area contributed by atoms with E-state index in [0.717, 1.165) is 11.7 Å². The van der Waals surface area contributed by atoms with Gasteiger partial charge in [0, 0.05) is 17.8 Å². The van der Waals surface area contributed by atoms with Crippen LogP contribution in [0.3, 0.4) is 0 Å². The van der Waals surface area contributed by atoms with Crippen LogP contribution in [0.2, 0.25) is 0 Å². The summed E-state index contributed by atoms with van der Waals surface area (Å²) in [5, 5.41) is 12.8. The monoisotopic (exact) mass is 253 g/mol. The molecule has 0 aliphatic carbocycles. The van der Waals surface area contributed by atoms with Gasteiger partial charge < -0.3 is 5.73 Å². The Kier molecular flexibility index (Phi) is 2.39. The number of rotatable bonds is 1. The van der Waals surface area contributed by atoms with Crippen LogP contribution in [-0.2, 0) is 0 Å². The summed E-state index contributed by atoms with van der Waals surface area (Å²) in [4.78, 5) is 3.68. The van der Waals surface area contributed by atoms with Gasteiger partial charge in [-0.1, -0.05) is 0 Å². The van der Waals surface area contributed by atoms with E-state index in [4.69, 9.17) is 11.0 Å². The number of hydrogen-bond donors (Lipinski definition) is 1. The van der Waals surface area contributed by atoms with Crippen LogP contribution in [0.4, 0.5) is 10.2 Å². The van der Waals surface area contributed by atoms with E-state index in [0.29, 0.717) is 16.9 Å². The summed E-state index contributed by atoms with van der Waals surface area (Å²) < 4.78 is 15.4. The number of nitrogens with zero attached hydrogens (tertiary/aromatic N) is 4. The van der Waals surface area contributed by atoms with Crippen molar-refractivity contribution < 1.29 is 4.39 Å². The van der Waals surface area contributed by atoms with E-state index in [-0.39, 0.29) is 5.69 Å². The second kappa shape index (κ2) is 4.07. The third-order valence-electron chi connectivity index (χ3n) is 2.76. The molecular formula is C13H8FN5. The summed E-state index contributed by atoms with van der Waals surface area (Å²) in [5.74, 6) is -0.0825. The Morgan fingerprint density at radius 2 is 2.16 bits per heavy atom. The van der Waals surface area contributed by atoms with Crippen LogP contribution in [-0.4, -0.2) is 14.6 Å². The molecule has 0 aliphatic heterocycles. The molecule has 0 radical (unpaired) electrons. The minimum atomic E-state index is -0.476. The number of hydrogen-bond acceptors (Lipinski definition) is 4. The SMILES string of the molecule is N#Cc1cc(-c2ccn3nc(N)cc3c2)c(F)cn1. The van der Waals surface area contributed by atoms with E-state index in [1.54, 1.807) is 28.9 Å². The van der Waals surface area contributed by atoms with Gasteiger partial charge >= 0.3 is 0 Å². The quantitative estimate of drug-likeness (QED) is 0.719. The molecule has 2 N–H and O–H groups in total. The predicted molar refractivity (Wildman–Crippen MR) is 67.5 cm³/mol. The summed E-state index contributed by atoms with van der Waals surface area (Å²) in [7, 11) is 0. The molecule has 3 aromatic heterocycles. The Balaban J connectivity index is 2.21. The highest BCUT2D eigenvalue weighted by Gasteiger charge is 2.09. The van der Waals surface area contributed by atoms with Gasteiger partial charge in [0.25, 0.3) is 0 Å². The Morgan fingerprint density at radius 3 is 2.95 bits per heavy atom. The average Bonchev–Trinajstić information content (AvgIpc) is 2.78. The fourth-order valence-electron chi connectivity index (χ4n) is 1.90. The van der Waals surface area contributed by atoms with E-state index in [9.17, 15) is 4.39 Å². The molecule has 0 unspecified atom stereocenters. The van der Waals surface area contributed by atoms with Crippen molar-refractivity contribution in [2.45, 2.75) is 0 Å². The predicted octanol–water partition coefficient (Wildman–Crippen LogP) is 1.99. The van der Waals surface area contributed by atoms with Crippen molar-refractivity contribution in [2.75, 3.05) is 5.73 Å². The van der Waals surface area contributed by atoms with Crippen molar-refractivity contribution >= 4 is 11.3 Å². The molecule has 0 saturated carbocycles. The highest BCUT2D eigenvalue weighted by Crippen LogP contribution is 2.24. The molecule has 0 aromatic carbocycles. The lowest BCUT2D eigenvalue weighted by molar-refractivity contribution is 0.624. The van der Waals surface area contributed by atoms with Gasteiger partial charge in [0.2, 0.25) is 0 Å². The molecule has 19 heavy (non-hydrogen) atoms. The minimum Gasteiger partial charge on any atom is -0.382 e. The van der Waals surface area contributed by atoms with Crippen LogP contribution < -0.4 is 5.73 Å². The highest BCUT2D eigenvalue weighted by atomic mass is 19.1. The van der Waals surface area contributed by atoms with E-state index in [1.165, 1.54) is 6.07 Å². The van der Waals surface area contributed by atoms with E-state index < -0.39 is 5.82 Å². The van der Waals surface area contributed by atoms with Crippen molar-refractivity contribution in [1.29, 1.82) is 5.26 Å². The lowest BCUT2D eigenvalue weighted by Gasteiger charge is -2.04. The fraction of sp³-hybridized carbons (Fsp3) is 0. The maximum Gasteiger partial charge on any atom is 0.149 e. The molecule has 0 aliphatic rings. The molecule has 0 atom stereocenters. The van der Waals surface area contributed by atoms with Crippen LogP contribution in [0.1, 0.15) is 5.69 Å². The summed E-state index contributed by atoms with van der Waals surface area (Å²) in [6.45, 7) is 0. The fourth-order valence-corrected chi connectivity index (χ4v) is 1.90. The van der Waals surface area contributed by atoms with Crippen molar-refractivity contribution in [2.24, 2.45) is 0 Å². The number of aromatic nitrogens is 3. The Hall–Kier alpha value is -2.94. The molecule has 0 bridgehead atoms. The molecule has 0 spiro atoms. The minimum absolute atomic E-state index is 0.171. The second-order valence-electron chi connectivity index (χ2n) is 4.02. The Labute approximate surface area is 107 Å². The number of nitrogen functional groups attached to an aromatic ring is 1. The molecule has 0 amide bonds. The van der Waals surface area contributed by atoms with Crippen molar-refractivity contribution in [3.8, 4) is 17.2 Å². The number of anilines is 1. The van der Waals surface area contributed by atoms with Gasteiger partial charge in [0.15, 0.2) is 0 Å². The number of pyridine rings is 2. The summed E-state index contributed by atoms with van der Waals surface area (Å²) in [6, 6.07) is 8.46. The molecule has 0 fully saturated rings. The lowest BCUT2D eigenvalue weighted by Crippen LogP contribution is -1.92. The maximum absolute atomic E-state index is 13.8. The van der Waals surface area contributed by atoms with Gasteiger partial charge in [0.1, 0.15) is 23.4 Å². The Morgan fingerprint density at radius 1 is 1.32 bits per heavy atom. The van der Waals surface area contributed by atoms with E-state index in [2.05, 4.69) is 10.1 Å². The summed E-state index contributed by atoms with van der Waals surface area (Å²) in [5.41, 5.74) is 7.49. The van der Waals surface area contributed by atoms with Crippen LogP contribution in [0.25, 0.3) is 16.6 Å². The number of fused-ring (bicyclic) bond motifs is 1. The van der Waals surface area contributed by atoms with Crippen LogP contribution in [0.15, 0.2) is 36.7 Å². The normalized spacial score (nSPS) is 10.5. The molecule has 3 rings (SSSR count). The average molecular weight is 253 g/mol. The molecule has 0 saturated heterocycles. The smallest absolute Gasteiger partial charge is 0.149 e. The number of nitriles is 1. The van der Waals surface area contributed by atoms with Crippen LogP contribution in [0.5, 0.6) is 0 Å². The zero-order valence-electron chi connectivity index (χ0n) is 9.71. The second-order valence-corrected chi connectivity index (χ2v) is 4.02. The first-order valence-electron chi connectivity index (χ1n) is 5.48. The first-order chi connectivity index (χ1) is 9.17. The summed E-state index contributed by atoms with van der Waals surface area (Å²) >= 11 is 0. The van der Waals surface area contributed by atoms with E-state index >= 15 is 0 Å². The molecular weight excluding hydrogens is 245 g/mol. The number of halogens is 1. The van der Waals surface area contributed by atoms with Crippen LogP contribution in [0, 0.1) is 17.1 Å². The zero-order chi connectivity index (χ0) is 13.4. The Bertz CT molecular complexity index is 816. The zero-order valence-corrected chi connectivity index (χ0v) is 9.71. The van der Waals surface area contributed by atoms with Gasteiger partial charge in [-0.05, 0) is 23.8 Å². The standard InChI is InChI=1S/C13H8FN5/c14-12-7-17-9(6-15)4-11(12)8-1-2-19-10(3-8)5-13(16)18-19/h1-5,7H,(H2,16,18). The molecule has 3 aromatic rings. The first-order valence-corrected chi connectivity index (χ1v) is 5.48.